The summed E-state index contributed by atoms with van der Waals surface area (Å²) in [5.41, 5.74) is -0.677. The van der Waals surface area contributed by atoms with Crippen molar-refractivity contribution in [3.63, 3.8) is 0 Å². The molecule has 0 radical (unpaired) electrons. The van der Waals surface area contributed by atoms with Gasteiger partial charge in [0.05, 0.1) is 5.75 Å². The Bertz CT molecular complexity index is 384. The van der Waals surface area contributed by atoms with E-state index in [1.54, 1.807) is 0 Å². The normalized spacial score (nSPS) is 33.0. The third-order valence-electron chi connectivity index (χ3n) is 4.03. The van der Waals surface area contributed by atoms with Crippen LogP contribution in [0.15, 0.2) is 0 Å². The van der Waals surface area contributed by atoms with Crippen molar-refractivity contribution < 1.29 is 23.8 Å². The summed E-state index contributed by atoms with van der Waals surface area (Å²) in [7, 11) is 0. The molecule has 0 amide bonds. The topological polar surface area (TPSA) is 61.8 Å². The summed E-state index contributed by atoms with van der Waals surface area (Å²) in [6.07, 6.45) is 3.71. The van der Waals surface area contributed by atoms with Crippen LogP contribution >= 0.6 is 11.8 Å². The van der Waals surface area contributed by atoms with E-state index >= 15 is 0 Å². The summed E-state index contributed by atoms with van der Waals surface area (Å²) >= 11 is 1.32. The number of hydrogen-bond acceptors (Lipinski definition) is 6. The molecule has 2 rings (SSSR count). The number of esters is 2. The number of ether oxygens (including phenoxy) is 3. The van der Waals surface area contributed by atoms with Crippen LogP contribution < -0.4 is 0 Å². The molecule has 5 nitrogen and oxygen atoms in total. The van der Waals surface area contributed by atoms with E-state index < -0.39 is 17.7 Å². The fourth-order valence-corrected chi connectivity index (χ4v) is 3.86. The molecular formula is C15H24O5S. The molecule has 120 valence electrons. The van der Waals surface area contributed by atoms with Crippen molar-refractivity contribution in [2.45, 2.75) is 64.3 Å². The molecule has 1 heterocycles. The maximum atomic E-state index is 12.2. The fraction of sp³-hybridized carbons (Fsp3) is 0.867. The van der Waals surface area contributed by atoms with Gasteiger partial charge >= 0.3 is 11.9 Å². The summed E-state index contributed by atoms with van der Waals surface area (Å²) in [6.45, 7) is 5.68. The molecule has 2 fully saturated rings. The van der Waals surface area contributed by atoms with Crippen LogP contribution in [0.3, 0.4) is 0 Å². The Morgan fingerprint density at radius 1 is 1.19 bits per heavy atom. The Labute approximate surface area is 130 Å². The molecule has 0 bridgehead atoms. The van der Waals surface area contributed by atoms with Crippen molar-refractivity contribution in [3.05, 3.63) is 0 Å². The van der Waals surface area contributed by atoms with Gasteiger partial charge in [-0.2, -0.15) is 0 Å². The number of carbonyl (C=O) groups is 2. The predicted octanol–water partition coefficient (Wildman–Crippen LogP) is 2.72. The Hall–Kier alpha value is -0.750. The molecule has 0 unspecified atom stereocenters. The second-order valence-corrected chi connectivity index (χ2v) is 7.10. The first-order chi connectivity index (χ1) is 9.97. The second-order valence-electron chi connectivity index (χ2n) is 6.01. The number of thioether (sulfide) groups is 1. The van der Waals surface area contributed by atoms with Crippen molar-refractivity contribution >= 4 is 23.7 Å². The van der Waals surface area contributed by atoms with Crippen LogP contribution in [0.1, 0.15) is 46.5 Å². The molecule has 0 aromatic rings. The van der Waals surface area contributed by atoms with Gasteiger partial charge in [-0.15, -0.1) is 11.8 Å². The van der Waals surface area contributed by atoms with Crippen molar-refractivity contribution in [1.82, 2.24) is 0 Å². The Morgan fingerprint density at radius 2 is 1.90 bits per heavy atom. The average Bonchev–Trinajstić information content (AvgIpc) is 2.86. The lowest BCUT2D eigenvalue weighted by Gasteiger charge is -2.34. The summed E-state index contributed by atoms with van der Waals surface area (Å²) < 4.78 is 16.0. The number of rotatable bonds is 4. The van der Waals surface area contributed by atoms with Crippen LogP contribution in [0.5, 0.6) is 0 Å². The first-order valence-corrected chi connectivity index (χ1v) is 8.67. The van der Waals surface area contributed by atoms with Crippen LogP contribution in [-0.4, -0.2) is 35.5 Å². The quantitative estimate of drug-likeness (QED) is 0.743. The minimum Gasteiger partial charge on any atom is -0.460 e. The third-order valence-corrected chi connectivity index (χ3v) is 5.10. The highest BCUT2D eigenvalue weighted by molar-refractivity contribution is 8.00. The van der Waals surface area contributed by atoms with Gasteiger partial charge in [0.25, 0.3) is 0 Å². The van der Waals surface area contributed by atoms with Gasteiger partial charge in [-0.1, -0.05) is 20.3 Å². The van der Waals surface area contributed by atoms with E-state index in [0.29, 0.717) is 17.6 Å². The van der Waals surface area contributed by atoms with E-state index in [0.717, 1.165) is 19.3 Å². The van der Waals surface area contributed by atoms with Gasteiger partial charge in [0.2, 0.25) is 11.7 Å². The lowest BCUT2D eigenvalue weighted by atomic mass is 9.79. The van der Waals surface area contributed by atoms with Gasteiger partial charge in [-0.3, -0.25) is 4.79 Å². The van der Waals surface area contributed by atoms with Crippen molar-refractivity contribution in [3.8, 4) is 0 Å². The van der Waals surface area contributed by atoms with E-state index in [4.69, 9.17) is 14.2 Å². The minimum atomic E-state index is -0.677. The summed E-state index contributed by atoms with van der Waals surface area (Å²) in [5.74, 6) is 0.666. The first kappa shape index (κ1) is 16.6. The molecule has 1 saturated carbocycles. The molecule has 0 spiro atoms. The fourth-order valence-electron chi connectivity index (χ4n) is 2.99. The molecule has 0 aromatic carbocycles. The summed E-state index contributed by atoms with van der Waals surface area (Å²) in [5, 5.41) is 0. The predicted molar refractivity (Wildman–Crippen MR) is 79.6 cm³/mol. The van der Waals surface area contributed by atoms with Crippen LogP contribution in [0.2, 0.25) is 0 Å². The Morgan fingerprint density at radius 3 is 2.57 bits per heavy atom. The van der Waals surface area contributed by atoms with Gasteiger partial charge in [-0.05, 0) is 31.1 Å². The smallest absolute Gasteiger partial charge is 0.346 e. The third kappa shape index (κ3) is 4.61. The summed E-state index contributed by atoms with van der Waals surface area (Å²) in [6, 6.07) is 0. The van der Waals surface area contributed by atoms with Crippen LogP contribution in [0.25, 0.3) is 0 Å². The molecule has 21 heavy (non-hydrogen) atoms. The molecule has 6 heteroatoms. The molecule has 0 aromatic heterocycles. The van der Waals surface area contributed by atoms with Gasteiger partial charge in [0.15, 0.2) is 0 Å². The zero-order valence-corrected chi connectivity index (χ0v) is 13.7. The van der Waals surface area contributed by atoms with Gasteiger partial charge in [0.1, 0.15) is 6.10 Å². The van der Waals surface area contributed by atoms with E-state index in [1.165, 1.54) is 25.1 Å². The minimum absolute atomic E-state index is 0.0109. The van der Waals surface area contributed by atoms with Gasteiger partial charge in [-0.25, -0.2) is 4.79 Å². The zero-order chi connectivity index (χ0) is 15.4. The monoisotopic (exact) mass is 316 g/mol. The Kier molecular flexibility index (Phi) is 5.93. The first-order valence-electron chi connectivity index (χ1n) is 7.62. The van der Waals surface area contributed by atoms with E-state index in [-0.39, 0.29) is 12.1 Å². The zero-order valence-electron chi connectivity index (χ0n) is 12.9. The van der Waals surface area contributed by atoms with Gasteiger partial charge < -0.3 is 14.2 Å². The maximum Gasteiger partial charge on any atom is 0.346 e. The standard InChI is InChI=1S/C15H24O5S/c1-9(2)11-6-4-5-7-12(11)19-14(17)15-20-13(8-21-15)18-10(3)16/h9,11-13,15H,4-8H2,1-3H3/t11-,12+,13-,15-/m0/s1. The summed E-state index contributed by atoms with van der Waals surface area (Å²) in [4.78, 5) is 23.1. The molecule has 1 aliphatic carbocycles. The molecule has 2 aliphatic rings. The molecule has 4 atom stereocenters. The van der Waals surface area contributed by atoms with Crippen LogP contribution in [0, 0.1) is 11.8 Å². The van der Waals surface area contributed by atoms with Crippen molar-refractivity contribution in [2.75, 3.05) is 5.75 Å². The van der Waals surface area contributed by atoms with E-state index in [1.807, 2.05) is 0 Å². The number of carbonyl (C=O) groups excluding carboxylic acids is 2. The molecular weight excluding hydrogens is 292 g/mol. The van der Waals surface area contributed by atoms with E-state index in [9.17, 15) is 9.59 Å². The molecule has 0 N–H and O–H groups in total. The lowest BCUT2D eigenvalue weighted by Crippen LogP contribution is -2.36. The van der Waals surface area contributed by atoms with Crippen LogP contribution in [0.4, 0.5) is 0 Å². The largest absolute Gasteiger partial charge is 0.460 e. The average molecular weight is 316 g/mol. The SMILES string of the molecule is CC(=O)O[C@@H]1CS[C@@H](C(=O)O[C@@H]2CCCC[C@H]2C(C)C)O1. The highest BCUT2D eigenvalue weighted by Crippen LogP contribution is 2.34. The molecule has 1 aliphatic heterocycles. The van der Waals surface area contributed by atoms with Gasteiger partial charge in [0, 0.05) is 6.92 Å². The van der Waals surface area contributed by atoms with Crippen LogP contribution in [-0.2, 0) is 23.8 Å². The van der Waals surface area contributed by atoms with Crippen molar-refractivity contribution in [2.24, 2.45) is 11.8 Å². The van der Waals surface area contributed by atoms with E-state index in [2.05, 4.69) is 13.8 Å². The number of hydrogen-bond donors (Lipinski definition) is 0. The maximum absolute atomic E-state index is 12.2. The second kappa shape index (κ2) is 7.49. The van der Waals surface area contributed by atoms with Crippen molar-refractivity contribution in [1.29, 1.82) is 0 Å². The lowest BCUT2D eigenvalue weighted by molar-refractivity contribution is -0.184. The highest BCUT2D eigenvalue weighted by Gasteiger charge is 2.37. The highest BCUT2D eigenvalue weighted by atomic mass is 32.2. The Balaban J connectivity index is 1.85. The molecule has 1 saturated heterocycles.